The van der Waals surface area contributed by atoms with Crippen molar-refractivity contribution in [2.45, 2.75) is 37.5 Å². The summed E-state index contributed by atoms with van der Waals surface area (Å²) in [6.45, 7) is 3.88. The summed E-state index contributed by atoms with van der Waals surface area (Å²) in [7, 11) is 0. The first-order valence-electron chi connectivity index (χ1n) is 23.7. The van der Waals surface area contributed by atoms with Gasteiger partial charge in [-0.05, 0) is 58.7 Å². The van der Waals surface area contributed by atoms with Crippen LogP contribution in [0.4, 0.5) is 4.39 Å². The molecule has 0 bridgehead atoms. The summed E-state index contributed by atoms with van der Waals surface area (Å²) in [6, 6.07) is 68.3. The quantitative estimate of drug-likeness (QED) is 0.107. The third-order valence-electron chi connectivity index (χ3n) is 11.9. The third kappa shape index (κ3) is 9.55. The van der Waals surface area contributed by atoms with Gasteiger partial charge in [0, 0.05) is 36.6 Å². The van der Waals surface area contributed by atoms with Crippen LogP contribution in [0.3, 0.4) is 0 Å². The molecule has 0 unspecified atom stereocenters. The molecule has 11 aromatic rings. The smallest absolute Gasteiger partial charge is 0 e. The molecule has 4 nitrogen and oxygen atoms in total. The maximum Gasteiger partial charge on any atom is 0 e. The van der Waals surface area contributed by atoms with Crippen molar-refractivity contribution in [2.24, 2.45) is 5.92 Å². The van der Waals surface area contributed by atoms with Gasteiger partial charge in [-0.25, -0.2) is 4.39 Å². The van der Waals surface area contributed by atoms with Gasteiger partial charge in [-0.2, -0.15) is 0 Å². The number of imidazole rings is 1. The molecule has 3 heterocycles. The van der Waals surface area contributed by atoms with E-state index < -0.39 is 19.6 Å². The van der Waals surface area contributed by atoms with E-state index in [0.29, 0.717) is 5.82 Å². The summed E-state index contributed by atoms with van der Waals surface area (Å²) >= 11 is -2.20. The van der Waals surface area contributed by atoms with Gasteiger partial charge < -0.3 is 8.98 Å². The number of para-hydroxylation sites is 2. The minimum Gasteiger partial charge on any atom is 0 e. The Bertz CT molecular complexity index is 3550. The van der Waals surface area contributed by atoms with Crippen LogP contribution in [0.5, 0.6) is 0 Å². The summed E-state index contributed by atoms with van der Waals surface area (Å²) in [6.07, 6.45) is 0.562. The molecule has 0 spiro atoms. The van der Waals surface area contributed by atoms with Crippen LogP contribution in [0.2, 0.25) is 17.3 Å². The molecule has 3 aromatic heterocycles. The summed E-state index contributed by atoms with van der Waals surface area (Å²) in [5, 5.41) is 2.01. The molecule has 0 N–H and O–H groups in total. The first kappa shape index (κ1) is 43.8. The van der Waals surface area contributed by atoms with E-state index in [-0.39, 0.29) is 31.8 Å². The number of pyridine rings is 1. The van der Waals surface area contributed by atoms with Crippen LogP contribution >= 0.6 is 0 Å². The Morgan fingerprint density at radius 1 is 0.647 bits per heavy atom. The molecule has 7 heteroatoms. The van der Waals surface area contributed by atoms with Gasteiger partial charge >= 0.3 is 128 Å². The number of nitrogens with zero attached hydrogens (tertiary/aromatic N) is 3. The molecule has 0 saturated carbocycles. The molecule has 0 atom stereocenters. The van der Waals surface area contributed by atoms with E-state index in [0.717, 1.165) is 98.8 Å². The molecule has 0 aliphatic rings. The first-order valence-corrected chi connectivity index (χ1v) is 30.0. The molecular weight excluding hydrogens is 1070 g/mol. The van der Waals surface area contributed by atoms with Gasteiger partial charge in [0.05, 0.1) is 28.1 Å². The number of aromatic nitrogens is 3. The second kappa shape index (κ2) is 19.9. The van der Waals surface area contributed by atoms with Crippen LogP contribution in [-0.2, 0) is 26.5 Å². The number of furan rings is 1. The Balaban J connectivity index is 0.000000224. The minimum atomic E-state index is -2.20. The van der Waals surface area contributed by atoms with Gasteiger partial charge in [0.15, 0.2) is 0 Å². The Hall–Kier alpha value is -6.70. The number of benzene rings is 8. The van der Waals surface area contributed by atoms with E-state index in [1.807, 2.05) is 160 Å². The van der Waals surface area contributed by atoms with Crippen molar-refractivity contribution in [1.29, 1.82) is 0 Å². The second-order valence-electron chi connectivity index (χ2n) is 18.1. The largest absolute Gasteiger partial charge is 0 e. The monoisotopic (exact) mass is 1130 g/mol. The van der Waals surface area contributed by atoms with Gasteiger partial charge in [0.2, 0.25) is 0 Å². The molecule has 0 saturated heterocycles. The fraction of sp³-hybridized carbons (Fsp3) is 0.115. The zero-order valence-corrected chi connectivity index (χ0v) is 43.0. The summed E-state index contributed by atoms with van der Waals surface area (Å²) in [5.41, 5.74) is 13.2. The van der Waals surface area contributed by atoms with Gasteiger partial charge in [-0.3, -0.25) is 4.98 Å². The normalized spacial score (nSPS) is 12.1. The molecule has 8 aromatic carbocycles. The SMILES string of the molecule is Fc1cc(-c2ccccc2)c(-n2c(-c3[c-]cc4oc5ccc(-c6ccccc6)cc5c4c3)nc3ccccc32)c(-c2ccccc2)c1.[2H]C([2H])(c1cc(-c2[c-]cccc2)nc[c]1[Ge]([CH3])([CH3])[CH3])C(C)C.[Ir]. The molecule has 337 valence electrons. The van der Waals surface area contributed by atoms with E-state index in [9.17, 15) is 0 Å². The van der Waals surface area contributed by atoms with Crippen molar-refractivity contribution >= 4 is 50.6 Å². The zero-order chi connectivity index (χ0) is 47.9. The maximum atomic E-state index is 15.6. The van der Waals surface area contributed by atoms with Crippen LogP contribution in [0.15, 0.2) is 199 Å². The van der Waals surface area contributed by atoms with E-state index in [1.54, 1.807) is 12.1 Å². The third-order valence-corrected chi connectivity index (χ3v) is 16.1. The fourth-order valence-corrected chi connectivity index (χ4v) is 11.7. The van der Waals surface area contributed by atoms with Crippen molar-refractivity contribution in [3.8, 4) is 61.7 Å². The fourth-order valence-electron chi connectivity index (χ4n) is 8.79. The Kier molecular flexibility index (Phi) is 12.8. The minimum absolute atomic E-state index is 0. The predicted molar refractivity (Wildman–Crippen MR) is 279 cm³/mol. The topological polar surface area (TPSA) is 43.9 Å². The second-order valence-corrected chi connectivity index (χ2v) is 28.7. The first-order chi connectivity index (χ1) is 33.3. The number of hydrogen-bond donors (Lipinski definition) is 0. The maximum absolute atomic E-state index is 15.6. The van der Waals surface area contributed by atoms with E-state index in [4.69, 9.17) is 12.1 Å². The van der Waals surface area contributed by atoms with E-state index in [1.165, 1.54) is 0 Å². The molecule has 1 radical (unpaired) electrons. The summed E-state index contributed by atoms with van der Waals surface area (Å²) in [4.78, 5) is 9.79. The number of halogens is 1. The average molecular weight is 1130 g/mol. The molecule has 0 aliphatic heterocycles. The van der Waals surface area contributed by atoms with Crippen molar-refractivity contribution in [3.63, 3.8) is 0 Å². The van der Waals surface area contributed by atoms with Gasteiger partial charge in [0.25, 0.3) is 0 Å². The Labute approximate surface area is 417 Å². The summed E-state index contributed by atoms with van der Waals surface area (Å²) in [5.74, 6) is 7.18. The molecule has 0 amide bonds. The van der Waals surface area contributed by atoms with Crippen molar-refractivity contribution < 1.29 is 31.7 Å². The van der Waals surface area contributed by atoms with Gasteiger partial charge in [-0.15, -0.1) is 23.8 Å². The van der Waals surface area contributed by atoms with Crippen molar-refractivity contribution in [1.82, 2.24) is 14.5 Å². The van der Waals surface area contributed by atoms with Crippen LogP contribution in [0, 0.1) is 23.9 Å². The summed E-state index contributed by atoms with van der Waals surface area (Å²) < 4.78 is 42.3. The average Bonchev–Trinajstić information content (AvgIpc) is 3.95. The standard InChI is InChI=1S/C43H26FN2O.C18H24GeN.Ir/c44-33-26-34(29-14-6-2-7-15-29)42(35(27-33)30-16-8-3-9-17-30)46-39-19-11-10-18-38(39)45-43(46)32-21-23-41-37(25-32)36-24-31(20-22-40(36)47-41)28-12-4-1-5-13-28;1-14(2)11-16-12-18(15-9-7-6-8-10-15)20-13-17(16)19(3,4)5;/h1-20,22-27H;6-9,12-14H,11H2,1-5H3;/q2*-1;/i;11D2;. The Morgan fingerprint density at radius 2 is 1.26 bits per heavy atom. The molecule has 0 aliphatic carbocycles. The zero-order valence-electron chi connectivity index (χ0n) is 40.5. The molecule has 0 fully saturated rings. The van der Waals surface area contributed by atoms with E-state index >= 15 is 4.39 Å². The van der Waals surface area contributed by atoms with Crippen LogP contribution in [-0.4, -0.2) is 27.8 Å². The van der Waals surface area contributed by atoms with Crippen molar-refractivity contribution in [3.05, 3.63) is 218 Å². The number of rotatable bonds is 9. The molecule has 11 rings (SSSR count). The number of hydrogen-bond acceptors (Lipinski definition) is 3. The number of fused-ring (bicyclic) bond motifs is 4. The van der Waals surface area contributed by atoms with Crippen LogP contribution in [0.1, 0.15) is 22.2 Å². The van der Waals surface area contributed by atoms with Crippen LogP contribution in [0.25, 0.3) is 94.7 Å². The molecular formula is C61H50FGeIrN3O-2. The van der Waals surface area contributed by atoms with Gasteiger partial charge in [-0.1, -0.05) is 115 Å². The Morgan fingerprint density at radius 3 is 1.90 bits per heavy atom. The van der Waals surface area contributed by atoms with Crippen LogP contribution < -0.4 is 4.40 Å². The molecule has 68 heavy (non-hydrogen) atoms. The van der Waals surface area contributed by atoms with Crippen molar-refractivity contribution in [2.75, 3.05) is 0 Å². The van der Waals surface area contributed by atoms with Gasteiger partial charge in [0.1, 0.15) is 11.4 Å². The predicted octanol–water partition coefficient (Wildman–Crippen LogP) is 15.8. The van der Waals surface area contributed by atoms with E-state index in [2.05, 4.69) is 75.4 Å².